The number of nitrogens with one attached hydrogen (secondary N) is 1. The Morgan fingerprint density at radius 2 is 2.24 bits per heavy atom. The molecule has 17 heavy (non-hydrogen) atoms. The smallest absolute Gasteiger partial charge is 0.137 e. The van der Waals surface area contributed by atoms with Crippen molar-refractivity contribution in [2.45, 2.75) is 25.8 Å². The van der Waals surface area contributed by atoms with Crippen molar-refractivity contribution in [2.75, 3.05) is 20.3 Å². The number of hydrogen-bond donors (Lipinski definition) is 1. The molecule has 0 spiro atoms. The molecule has 1 aromatic carbocycles. The van der Waals surface area contributed by atoms with Crippen LogP contribution in [0.15, 0.2) is 22.7 Å². The second kappa shape index (κ2) is 7.80. The van der Waals surface area contributed by atoms with Crippen LogP contribution in [0.1, 0.15) is 18.9 Å². The van der Waals surface area contributed by atoms with Gasteiger partial charge in [0.15, 0.2) is 0 Å². The van der Waals surface area contributed by atoms with Gasteiger partial charge in [-0.1, -0.05) is 12.1 Å². The van der Waals surface area contributed by atoms with Crippen molar-refractivity contribution in [1.29, 1.82) is 0 Å². The summed E-state index contributed by atoms with van der Waals surface area (Å²) in [5.41, 5.74) is 0.987. The van der Waals surface area contributed by atoms with Gasteiger partial charge >= 0.3 is 0 Å². The van der Waals surface area contributed by atoms with Gasteiger partial charge in [0.2, 0.25) is 0 Å². The summed E-state index contributed by atoms with van der Waals surface area (Å²) in [4.78, 5) is 0. The highest BCUT2D eigenvalue weighted by atomic mass is 79.9. The molecule has 1 aromatic rings. The molecule has 1 N–H and O–H groups in total. The van der Waals surface area contributed by atoms with E-state index in [1.165, 1.54) is 6.07 Å². The summed E-state index contributed by atoms with van der Waals surface area (Å²) in [7, 11) is 1.92. The zero-order valence-corrected chi connectivity index (χ0v) is 11.9. The minimum absolute atomic E-state index is 0.206. The van der Waals surface area contributed by atoms with Crippen molar-refractivity contribution in [2.24, 2.45) is 0 Å². The summed E-state index contributed by atoms with van der Waals surface area (Å²) >= 11 is 3.29. The molecule has 1 atom stereocenters. The third kappa shape index (κ3) is 4.74. The lowest BCUT2D eigenvalue weighted by Crippen LogP contribution is -2.29. The predicted octanol–water partition coefficient (Wildman–Crippen LogP) is 3.15. The molecule has 0 fully saturated rings. The maximum Gasteiger partial charge on any atom is 0.137 e. The lowest BCUT2D eigenvalue weighted by atomic mass is 10.0. The van der Waals surface area contributed by atoms with E-state index in [9.17, 15) is 4.39 Å². The van der Waals surface area contributed by atoms with E-state index in [1.807, 2.05) is 20.0 Å². The van der Waals surface area contributed by atoms with Gasteiger partial charge in [0.05, 0.1) is 4.47 Å². The van der Waals surface area contributed by atoms with Crippen LogP contribution in [0.3, 0.4) is 0 Å². The number of rotatable bonds is 7. The maximum absolute atomic E-state index is 13.3. The predicted molar refractivity (Wildman–Crippen MR) is 71.8 cm³/mol. The van der Waals surface area contributed by atoms with Crippen molar-refractivity contribution in [3.8, 4) is 0 Å². The topological polar surface area (TPSA) is 21.3 Å². The summed E-state index contributed by atoms with van der Waals surface area (Å²) in [6.45, 7) is 3.45. The van der Waals surface area contributed by atoms with Gasteiger partial charge in [-0.15, -0.1) is 0 Å². The highest BCUT2D eigenvalue weighted by Gasteiger charge is 2.11. The summed E-state index contributed by atoms with van der Waals surface area (Å²) in [6, 6.07) is 5.45. The fourth-order valence-electron chi connectivity index (χ4n) is 1.69. The zero-order valence-electron chi connectivity index (χ0n) is 10.3. The summed E-state index contributed by atoms with van der Waals surface area (Å²) in [5, 5.41) is 3.23. The molecule has 2 nitrogen and oxygen atoms in total. The highest BCUT2D eigenvalue weighted by Crippen LogP contribution is 2.22. The van der Waals surface area contributed by atoms with E-state index in [-0.39, 0.29) is 5.82 Å². The van der Waals surface area contributed by atoms with Crippen molar-refractivity contribution in [1.82, 2.24) is 5.32 Å². The number of hydrogen-bond acceptors (Lipinski definition) is 2. The quantitative estimate of drug-likeness (QED) is 0.781. The van der Waals surface area contributed by atoms with E-state index in [1.54, 1.807) is 6.07 Å². The zero-order chi connectivity index (χ0) is 12.7. The van der Waals surface area contributed by atoms with Gasteiger partial charge in [0.1, 0.15) is 5.82 Å². The van der Waals surface area contributed by atoms with Crippen LogP contribution < -0.4 is 5.32 Å². The first kappa shape index (κ1) is 14.6. The van der Waals surface area contributed by atoms with Gasteiger partial charge < -0.3 is 10.1 Å². The average Bonchev–Trinajstić information content (AvgIpc) is 2.33. The fourth-order valence-corrected chi connectivity index (χ4v) is 2.12. The Kier molecular flexibility index (Phi) is 6.70. The Bertz CT molecular complexity index is 346. The lowest BCUT2D eigenvalue weighted by Gasteiger charge is -2.17. The normalized spacial score (nSPS) is 12.7. The number of benzene rings is 1. The Hall–Kier alpha value is -0.450. The van der Waals surface area contributed by atoms with Gasteiger partial charge in [-0.2, -0.15) is 0 Å². The lowest BCUT2D eigenvalue weighted by molar-refractivity contribution is 0.137. The standard InChI is InChI=1S/C13H19BrFNO/c1-3-17-8-7-11(16-2)9-10-5-4-6-12(15)13(10)14/h4-6,11,16H,3,7-9H2,1-2H3. The van der Waals surface area contributed by atoms with E-state index in [0.29, 0.717) is 10.5 Å². The SMILES string of the molecule is CCOCCC(Cc1cccc(F)c1Br)NC. The van der Waals surface area contributed by atoms with E-state index in [2.05, 4.69) is 21.2 Å². The minimum Gasteiger partial charge on any atom is -0.382 e. The monoisotopic (exact) mass is 303 g/mol. The van der Waals surface area contributed by atoms with E-state index in [4.69, 9.17) is 4.74 Å². The molecule has 0 saturated heterocycles. The largest absolute Gasteiger partial charge is 0.382 e. The molecule has 0 aliphatic rings. The molecule has 1 unspecified atom stereocenters. The summed E-state index contributed by atoms with van der Waals surface area (Å²) < 4.78 is 19.2. The maximum atomic E-state index is 13.3. The molecule has 0 heterocycles. The summed E-state index contributed by atoms with van der Waals surface area (Å²) in [5.74, 6) is -0.206. The fraction of sp³-hybridized carbons (Fsp3) is 0.538. The van der Waals surface area contributed by atoms with Gasteiger partial charge in [-0.3, -0.25) is 0 Å². The Labute approximate surface area is 111 Å². The molecule has 0 aliphatic carbocycles. The van der Waals surface area contributed by atoms with Crippen LogP contribution in [0.5, 0.6) is 0 Å². The van der Waals surface area contributed by atoms with Crippen molar-refractivity contribution in [3.05, 3.63) is 34.1 Å². The number of ether oxygens (including phenoxy) is 1. The summed E-state index contributed by atoms with van der Waals surface area (Å²) in [6.07, 6.45) is 1.72. The van der Waals surface area contributed by atoms with E-state index in [0.717, 1.165) is 31.6 Å². The highest BCUT2D eigenvalue weighted by molar-refractivity contribution is 9.10. The Morgan fingerprint density at radius 1 is 1.47 bits per heavy atom. The molecule has 0 bridgehead atoms. The molecule has 0 amide bonds. The van der Waals surface area contributed by atoms with Crippen LogP contribution in [-0.4, -0.2) is 26.3 Å². The first-order valence-electron chi connectivity index (χ1n) is 5.87. The van der Waals surface area contributed by atoms with Crippen LogP contribution in [0.2, 0.25) is 0 Å². The first-order valence-corrected chi connectivity index (χ1v) is 6.66. The second-order valence-electron chi connectivity index (χ2n) is 3.89. The van der Waals surface area contributed by atoms with E-state index < -0.39 is 0 Å². The molecule has 0 aromatic heterocycles. The molecule has 96 valence electrons. The third-order valence-electron chi connectivity index (χ3n) is 2.72. The number of likely N-dealkylation sites (N-methyl/N-ethyl adjacent to an activating group) is 1. The van der Waals surface area contributed by atoms with Crippen LogP contribution in [0.25, 0.3) is 0 Å². The molecular formula is C13H19BrFNO. The molecule has 0 saturated carbocycles. The van der Waals surface area contributed by atoms with Gasteiger partial charge in [0, 0.05) is 19.3 Å². The van der Waals surface area contributed by atoms with Gasteiger partial charge in [0.25, 0.3) is 0 Å². The molecule has 4 heteroatoms. The van der Waals surface area contributed by atoms with Gasteiger partial charge in [-0.25, -0.2) is 4.39 Å². The van der Waals surface area contributed by atoms with Crippen LogP contribution in [0.4, 0.5) is 4.39 Å². The Balaban J connectivity index is 2.57. The first-order chi connectivity index (χ1) is 8.19. The average molecular weight is 304 g/mol. The second-order valence-corrected chi connectivity index (χ2v) is 4.68. The van der Waals surface area contributed by atoms with Crippen molar-refractivity contribution >= 4 is 15.9 Å². The van der Waals surface area contributed by atoms with Gasteiger partial charge in [-0.05, 0) is 54.4 Å². The Morgan fingerprint density at radius 3 is 2.88 bits per heavy atom. The van der Waals surface area contributed by atoms with Crippen LogP contribution in [0, 0.1) is 5.82 Å². The molecule has 0 radical (unpaired) electrons. The van der Waals surface area contributed by atoms with Crippen LogP contribution >= 0.6 is 15.9 Å². The van der Waals surface area contributed by atoms with Crippen molar-refractivity contribution < 1.29 is 9.13 Å². The minimum atomic E-state index is -0.206. The number of halogens is 2. The van der Waals surface area contributed by atoms with Crippen LogP contribution in [-0.2, 0) is 11.2 Å². The third-order valence-corrected chi connectivity index (χ3v) is 3.61. The molecular weight excluding hydrogens is 285 g/mol. The molecule has 1 rings (SSSR count). The molecule has 0 aliphatic heterocycles. The van der Waals surface area contributed by atoms with Crippen molar-refractivity contribution in [3.63, 3.8) is 0 Å². The van der Waals surface area contributed by atoms with E-state index >= 15 is 0 Å².